The lowest BCUT2D eigenvalue weighted by Crippen LogP contribution is -2.10. The number of esters is 1. The number of hydrogen-bond acceptors (Lipinski definition) is 6. The van der Waals surface area contributed by atoms with E-state index in [4.69, 9.17) is 24.0 Å². The number of benzene rings is 3. The summed E-state index contributed by atoms with van der Waals surface area (Å²) in [5.41, 5.74) is 3.35. The summed E-state index contributed by atoms with van der Waals surface area (Å²) in [6.07, 6.45) is 4.99. The molecule has 0 fully saturated rings. The van der Waals surface area contributed by atoms with Gasteiger partial charge in [-0.3, -0.25) is 0 Å². The first kappa shape index (κ1) is 24.6. The van der Waals surface area contributed by atoms with Gasteiger partial charge in [-0.1, -0.05) is 18.2 Å². The maximum absolute atomic E-state index is 12.3. The van der Waals surface area contributed by atoms with Gasteiger partial charge in [0.2, 0.25) is 0 Å². The summed E-state index contributed by atoms with van der Waals surface area (Å²) < 4.78 is 23.4. The van der Waals surface area contributed by atoms with Crippen molar-refractivity contribution in [2.45, 2.75) is 6.92 Å². The Balaban J connectivity index is 1.40. The molecule has 36 heavy (non-hydrogen) atoms. The number of aromatic nitrogens is 2. The predicted octanol–water partition coefficient (Wildman–Crippen LogP) is 5.58. The van der Waals surface area contributed by atoms with E-state index >= 15 is 0 Å². The van der Waals surface area contributed by atoms with E-state index in [2.05, 4.69) is 0 Å². The van der Waals surface area contributed by atoms with Gasteiger partial charge in [0.1, 0.15) is 30.5 Å². The van der Waals surface area contributed by atoms with E-state index in [1.54, 1.807) is 17.9 Å². The minimum atomic E-state index is -0.460. The Labute approximate surface area is 210 Å². The molecular weight excluding hydrogens is 456 g/mol. The van der Waals surface area contributed by atoms with Crippen molar-refractivity contribution >= 4 is 12.0 Å². The van der Waals surface area contributed by atoms with Gasteiger partial charge in [-0.15, -0.1) is 0 Å². The summed E-state index contributed by atoms with van der Waals surface area (Å²) in [6.45, 7) is 2.92. The Hall–Kier alpha value is -4.52. The first-order valence-electron chi connectivity index (χ1n) is 11.7. The largest absolute Gasteiger partial charge is 0.497 e. The summed E-state index contributed by atoms with van der Waals surface area (Å²) in [5, 5.41) is 4.75. The van der Waals surface area contributed by atoms with Crippen LogP contribution in [0, 0.1) is 0 Å². The Morgan fingerprint density at radius 3 is 2.19 bits per heavy atom. The molecule has 1 heterocycles. The van der Waals surface area contributed by atoms with Crippen molar-refractivity contribution in [2.75, 3.05) is 26.9 Å². The van der Waals surface area contributed by atoms with Crippen LogP contribution in [0.15, 0.2) is 91.1 Å². The van der Waals surface area contributed by atoms with Gasteiger partial charge in [0.05, 0.1) is 25.1 Å². The van der Waals surface area contributed by atoms with Crippen molar-refractivity contribution in [3.8, 4) is 34.2 Å². The quantitative estimate of drug-likeness (QED) is 0.157. The summed E-state index contributed by atoms with van der Waals surface area (Å²) in [5.74, 6) is 1.77. The van der Waals surface area contributed by atoms with E-state index < -0.39 is 5.97 Å². The molecule has 0 amide bonds. The molecule has 0 aliphatic rings. The third kappa shape index (κ3) is 6.54. The van der Waals surface area contributed by atoms with Crippen molar-refractivity contribution in [1.29, 1.82) is 0 Å². The molecule has 0 aliphatic carbocycles. The van der Waals surface area contributed by atoms with Gasteiger partial charge in [0.25, 0.3) is 0 Å². The van der Waals surface area contributed by atoms with Crippen molar-refractivity contribution in [1.82, 2.24) is 9.78 Å². The Kier molecular flexibility index (Phi) is 8.38. The van der Waals surface area contributed by atoms with Gasteiger partial charge in [-0.2, -0.15) is 5.10 Å². The van der Waals surface area contributed by atoms with Crippen molar-refractivity contribution < 1.29 is 23.7 Å². The first-order chi connectivity index (χ1) is 17.7. The highest BCUT2D eigenvalue weighted by Crippen LogP contribution is 2.27. The molecule has 0 N–H and O–H groups in total. The van der Waals surface area contributed by atoms with Crippen LogP contribution in [0.4, 0.5) is 0 Å². The topological polar surface area (TPSA) is 71.8 Å². The summed E-state index contributed by atoms with van der Waals surface area (Å²) in [4.78, 5) is 12.3. The van der Waals surface area contributed by atoms with Crippen LogP contribution in [0.2, 0.25) is 0 Å². The number of methoxy groups -OCH3 is 1. The zero-order chi connectivity index (χ0) is 25.2. The molecular formula is C29H28N2O5. The third-order valence-electron chi connectivity index (χ3n) is 5.26. The van der Waals surface area contributed by atoms with E-state index in [1.165, 1.54) is 6.08 Å². The van der Waals surface area contributed by atoms with Gasteiger partial charge in [0.15, 0.2) is 0 Å². The van der Waals surface area contributed by atoms with Crippen LogP contribution in [-0.2, 0) is 9.53 Å². The SMILES string of the molecule is CCOc1ccc(OCCOC(=O)C=Cc2cn(-c3ccccc3)nc2-c2ccc(OC)cc2)cc1. The maximum atomic E-state index is 12.3. The zero-order valence-electron chi connectivity index (χ0n) is 20.3. The molecule has 7 heteroatoms. The van der Waals surface area contributed by atoms with Gasteiger partial charge in [0, 0.05) is 23.4 Å². The Morgan fingerprint density at radius 2 is 1.53 bits per heavy atom. The molecule has 0 bridgehead atoms. The lowest BCUT2D eigenvalue weighted by atomic mass is 10.1. The van der Waals surface area contributed by atoms with Crippen LogP contribution < -0.4 is 14.2 Å². The van der Waals surface area contributed by atoms with Gasteiger partial charge in [-0.05, 0) is 73.7 Å². The lowest BCUT2D eigenvalue weighted by Gasteiger charge is -2.07. The van der Waals surface area contributed by atoms with Crippen molar-refractivity contribution in [2.24, 2.45) is 0 Å². The minimum absolute atomic E-state index is 0.130. The summed E-state index contributed by atoms with van der Waals surface area (Å²) in [6, 6.07) is 24.7. The zero-order valence-corrected chi connectivity index (χ0v) is 20.3. The lowest BCUT2D eigenvalue weighted by molar-refractivity contribution is -0.138. The van der Waals surface area contributed by atoms with Crippen LogP contribution in [0.5, 0.6) is 17.2 Å². The van der Waals surface area contributed by atoms with Gasteiger partial charge < -0.3 is 18.9 Å². The highest BCUT2D eigenvalue weighted by Gasteiger charge is 2.11. The van der Waals surface area contributed by atoms with E-state index in [0.717, 1.165) is 34.0 Å². The molecule has 0 unspecified atom stereocenters. The molecule has 0 saturated carbocycles. The number of carbonyl (C=O) groups excluding carboxylic acids is 1. The van der Waals surface area contributed by atoms with Crippen LogP contribution >= 0.6 is 0 Å². The summed E-state index contributed by atoms with van der Waals surface area (Å²) in [7, 11) is 1.63. The van der Waals surface area contributed by atoms with E-state index in [1.807, 2.05) is 92.0 Å². The van der Waals surface area contributed by atoms with Crippen LogP contribution in [-0.4, -0.2) is 42.7 Å². The monoisotopic (exact) mass is 484 g/mol. The first-order valence-corrected chi connectivity index (χ1v) is 11.7. The molecule has 1 aromatic heterocycles. The number of ether oxygens (including phenoxy) is 4. The molecule has 4 aromatic rings. The average Bonchev–Trinajstić information content (AvgIpc) is 3.36. The van der Waals surface area contributed by atoms with E-state index in [0.29, 0.717) is 12.4 Å². The number of rotatable bonds is 11. The highest BCUT2D eigenvalue weighted by molar-refractivity contribution is 5.88. The molecule has 0 radical (unpaired) electrons. The molecule has 7 nitrogen and oxygen atoms in total. The number of para-hydroxylation sites is 1. The molecule has 0 atom stereocenters. The molecule has 0 saturated heterocycles. The number of carbonyl (C=O) groups is 1. The number of nitrogens with zero attached hydrogens (tertiary/aromatic N) is 2. The molecule has 0 aliphatic heterocycles. The standard InChI is InChI=1S/C29H28N2O5/c1-3-34-26-14-16-27(17-15-26)35-19-20-36-28(32)18-11-23-21-31(24-7-5-4-6-8-24)30-29(23)22-9-12-25(33-2)13-10-22/h4-18,21H,3,19-20H2,1-2H3. The van der Waals surface area contributed by atoms with E-state index in [9.17, 15) is 4.79 Å². The normalized spacial score (nSPS) is 10.8. The van der Waals surface area contributed by atoms with Crippen molar-refractivity contribution in [3.05, 3.63) is 96.7 Å². The van der Waals surface area contributed by atoms with Crippen molar-refractivity contribution in [3.63, 3.8) is 0 Å². The van der Waals surface area contributed by atoms with Crippen LogP contribution in [0.1, 0.15) is 12.5 Å². The summed E-state index contributed by atoms with van der Waals surface area (Å²) >= 11 is 0. The van der Waals surface area contributed by atoms with E-state index in [-0.39, 0.29) is 13.2 Å². The predicted molar refractivity (Wildman–Crippen MR) is 139 cm³/mol. The number of hydrogen-bond donors (Lipinski definition) is 0. The third-order valence-corrected chi connectivity index (χ3v) is 5.26. The highest BCUT2D eigenvalue weighted by atomic mass is 16.6. The second-order valence-corrected chi connectivity index (χ2v) is 7.70. The molecule has 4 rings (SSSR count). The van der Waals surface area contributed by atoms with Crippen LogP contribution in [0.25, 0.3) is 23.0 Å². The fraction of sp³-hybridized carbons (Fsp3) is 0.172. The second-order valence-electron chi connectivity index (χ2n) is 7.70. The average molecular weight is 485 g/mol. The van der Waals surface area contributed by atoms with Gasteiger partial charge >= 0.3 is 5.97 Å². The molecule has 0 spiro atoms. The fourth-order valence-corrected chi connectivity index (χ4v) is 3.50. The Bertz CT molecular complexity index is 1280. The fourth-order valence-electron chi connectivity index (χ4n) is 3.50. The second kappa shape index (κ2) is 12.3. The maximum Gasteiger partial charge on any atom is 0.330 e. The minimum Gasteiger partial charge on any atom is -0.497 e. The molecule has 184 valence electrons. The Morgan fingerprint density at radius 1 is 0.861 bits per heavy atom. The van der Waals surface area contributed by atoms with Crippen LogP contribution in [0.3, 0.4) is 0 Å². The van der Waals surface area contributed by atoms with Gasteiger partial charge in [-0.25, -0.2) is 9.48 Å². The smallest absolute Gasteiger partial charge is 0.330 e. The molecule has 3 aromatic carbocycles.